The van der Waals surface area contributed by atoms with Crippen LogP contribution >= 0.6 is 22.7 Å². The molecule has 27 heavy (non-hydrogen) atoms. The Morgan fingerprint density at radius 3 is 2.11 bits per heavy atom. The van der Waals surface area contributed by atoms with Crippen molar-refractivity contribution < 1.29 is 22.7 Å². The molecule has 0 aliphatic heterocycles. The minimum absolute atomic E-state index is 0.00822. The van der Waals surface area contributed by atoms with Gasteiger partial charge in [-0.25, -0.2) is 17.9 Å². The van der Waals surface area contributed by atoms with Gasteiger partial charge in [-0.05, 0) is 28.8 Å². The van der Waals surface area contributed by atoms with E-state index in [9.17, 15) is 13.2 Å². The number of carbonyl (C=O) groups is 1. The first-order valence-electron chi connectivity index (χ1n) is 8.82. The molecule has 0 saturated heterocycles. The Bertz CT molecular complexity index is 861. The highest BCUT2D eigenvalue weighted by Crippen LogP contribution is 2.43. The van der Waals surface area contributed by atoms with Gasteiger partial charge in [0, 0.05) is 10.3 Å². The van der Waals surface area contributed by atoms with Gasteiger partial charge in [0.05, 0.1) is 10.6 Å². The lowest BCUT2D eigenvalue weighted by atomic mass is 10.4. The van der Waals surface area contributed by atoms with E-state index < -0.39 is 24.4 Å². The third kappa shape index (κ3) is 4.56. The molecule has 152 valence electrons. The van der Waals surface area contributed by atoms with Crippen molar-refractivity contribution in [3.63, 3.8) is 0 Å². The van der Waals surface area contributed by atoms with E-state index in [2.05, 4.69) is 41.5 Å². The molecule has 10 heteroatoms. The van der Waals surface area contributed by atoms with Crippen molar-refractivity contribution in [2.45, 2.75) is 69.0 Å². The van der Waals surface area contributed by atoms with Crippen molar-refractivity contribution in [2.24, 2.45) is 0 Å². The molecule has 0 aliphatic carbocycles. The van der Waals surface area contributed by atoms with Crippen LogP contribution in [0.2, 0.25) is 16.6 Å². The second-order valence-corrected chi connectivity index (χ2v) is 17.4. The number of amides is 1. The van der Waals surface area contributed by atoms with E-state index in [1.807, 2.05) is 6.07 Å². The molecule has 0 saturated carbocycles. The van der Waals surface area contributed by atoms with Crippen molar-refractivity contribution in [2.75, 3.05) is 0 Å². The van der Waals surface area contributed by atoms with Crippen LogP contribution < -0.4 is 4.72 Å². The van der Waals surface area contributed by atoms with Crippen LogP contribution in [0, 0.1) is 0 Å². The lowest BCUT2D eigenvalue weighted by Gasteiger charge is -2.42. The molecule has 2 rings (SSSR count). The highest BCUT2D eigenvalue weighted by Gasteiger charge is 2.45. The molecule has 0 bridgehead atoms. The first-order chi connectivity index (χ1) is 12.4. The summed E-state index contributed by atoms with van der Waals surface area (Å²) in [5.74, 6) is 0. The summed E-state index contributed by atoms with van der Waals surface area (Å²) in [7, 11) is -5.98. The number of hydrogen-bond acceptors (Lipinski definition) is 6. The average Bonchev–Trinajstić information content (AvgIpc) is 3.03. The molecule has 0 unspecified atom stereocenters. The van der Waals surface area contributed by atoms with Crippen LogP contribution in [-0.4, -0.2) is 27.9 Å². The van der Waals surface area contributed by atoms with Crippen LogP contribution in [0.25, 0.3) is 9.40 Å². The summed E-state index contributed by atoms with van der Waals surface area (Å²) in [4.78, 5) is 11.7. The van der Waals surface area contributed by atoms with E-state index in [1.54, 1.807) is 4.72 Å². The number of thiophene rings is 2. The van der Waals surface area contributed by atoms with Crippen LogP contribution in [-0.2, 0) is 21.1 Å². The van der Waals surface area contributed by atoms with Crippen molar-refractivity contribution in [3.05, 3.63) is 17.0 Å². The van der Waals surface area contributed by atoms with Gasteiger partial charge in [0.25, 0.3) is 10.0 Å². The van der Waals surface area contributed by atoms with E-state index in [-0.39, 0.29) is 4.21 Å². The SMILES string of the molecule is CC(C)[Si](OCc1cc2cc(S(=O)(=O)NC(=O)O)sc2s1)(C(C)C)C(C)C. The summed E-state index contributed by atoms with van der Waals surface area (Å²) in [5.41, 5.74) is 1.49. The summed E-state index contributed by atoms with van der Waals surface area (Å²) < 4.78 is 33.0. The molecule has 0 atom stereocenters. The fourth-order valence-electron chi connectivity index (χ4n) is 3.93. The molecule has 0 aliphatic rings. The number of hydrogen-bond donors (Lipinski definition) is 2. The first kappa shape index (κ1) is 22.3. The van der Waals surface area contributed by atoms with E-state index >= 15 is 0 Å². The normalized spacial score (nSPS) is 13.2. The lowest BCUT2D eigenvalue weighted by Crippen LogP contribution is -2.47. The Labute approximate surface area is 169 Å². The number of sulfonamides is 1. The van der Waals surface area contributed by atoms with Crippen LogP contribution in [0.4, 0.5) is 4.79 Å². The van der Waals surface area contributed by atoms with E-state index in [1.165, 1.54) is 17.4 Å². The molecule has 0 spiro atoms. The van der Waals surface area contributed by atoms with Gasteiger partial charge in [-0.1, -0.05) is 41.5 Å². The number of nitrogens with one attached hydrogen (secondary N) is 1. The van der Waals surface area contributed by atoms with Gasteiger partial charge < -0.3 is 9.53 Å². The zero-order chi connectivity index (χ0) is 20.6. The fraction of sp³-hybridized carbons (Fsp3) is 0.588. The van der Waals surface area contributed by atoms with Crippen LogP contribution in [0.3, 0.4) is 0 Å². The monoisotopic (exact) mass is 449 g/mol. The van der Waals surface area contributed by atoms with Crippen molar-refractivity contribution in [1.82, 2.24) is 4.72 Å². The average molecular weight is 450 g/mol. The lowest BCUT2D eigenvalue weighted by molar-refractivity contribution is 0.201. The number of carboxylic acid groups (broad SMARTS) is 1. The van der Waals surface area contributed by atoms with E-state index in [0.717, 1.165) is 25.6 Å². The summed E-state index contributed by atoms with van der Waals surface area (Å²) >= 11 is 2.58. The molecule has 2 heterocycles. The van der Waals surface area contributed by atoms with Gasteiger partial charge in [-0.2, -0.15) is 0 Å². The smallest absolute Gasteiger partial charge is 0.418 e. The molecule has 6 nitrogen and oxygen atoms in total. The van der Waals surface area contributed by atoms with Crippen molar-refractivity contribution in [3.8, 4) is 0 Å². The molecule has 2 N–H and O–H groups in total. The van der Waals surface area contributed by atoms with Crippen LogP contribution in [0.5, 0.6) is 0 Å². The Kier molecular flexibility index (Phi) is 6.79. The highest BCUT2D eigenvalue weighted by molar-refractivity contribution is 7.92. The summed E-state index contributed by atoms with van der Waals surface area (Å²) in [5, 5.41) is 9.47. The maximum absolute atomic E-state index is 12.0. The quantitative estimate of drug-likeness (QED) is 0.511. The summed E-state index contributed by atoms with van der Waals surface area (Å²) in [6.45, 7) is 14.0. The van der Waals surface area contributed by atoms with Gasteiger partial charge in [0.1, 0.15) is 4.21 Å². The predicted octanol–water partition coefficient (Wildman–Crippen LogP) is 5.61. The van der Waals surface area contributed by atoms with Crippen LogP contribution in [0.15, 0.2) is 16.3 Å². The molecule has 0 fully saturated rings. The Hall–Kier alpha value is -0.943. The fourth-order valence-corrected chi connectivity index (χ4v) is 13.2. The third-order valence-electron chi connectivity index (χ3n) is 4.90. The Morgan fingerprint density at radius 1 is 1.11 bits per heavy atom. The molecule has 1 amide bonds. The standard InChI is InChI=1S/C17H27NO5S3Si/c1-10(2)27(11(3)4,12(5)6)23-9-14-7-13-8-15(25-16(13)24-14)26(21,22)18-17(19)20/h7-8,10-12,18H,9H2,1-6H3,(H,19,20). The number of rotatable bonds is 8. The summed E-state index contributed by atoms with van der Waals surface area (Å²) in [6.07, 6.45) is -1.59. The zero-order valence-electron chi connectivity index (χ0n) is 16.4. The molecular formula is C17H27NO5S3Si. The van der Waals surface area contributed by atoms with Gasteiger partial charge >= 0.3 is 6.09 Å². The number of fused-ring (bicyclic) bond motifs is 1. The van der Waals surface area contributed by atoms with Crippen LogP contribution in [0.1, 0.15) is 46.4 Å². The second kappa shape index (κ2) is 8.20. The maximum atomic E-state index is 12.0. The zero-order valence-corrected chi connectivity index (χ0v) is 19.8. The van der Waals surface area contributed by atoms with Gasteiger partial charge in [-0.3, -0.25) is 0 Å². The van der Waals surface area contributed by atoms with Crippen molar-refractivity contribution in [1.29, 1.82) is 0 Å². The summed E-state index contributed by atoms with van der Waals surface area (Å²) in [6, 6.07) is 3.46. The minimum atomic E-state index is -4.02. The van der Waals surface area contributed by atoms with Gasteiger partial charge in [0.2, 0.25) is 8.32 Å². The van der Waals surface area contributed by atoms with E-state index in [4.69, 9.17) is 9.53 Å². The van der Waals surface area contributed by atoms with E-state index in [0.29, 0.717) is 23.2 Å². The van der Waals surface area contributed by atoms with Gasteiger partial charge in [-0.15, -0.1) is 22.7 Å². The maximum Gasteiger partial charge on any atom is 0.418 e. The van der Waals surface area contributed by atoms with Gasteiger partial charge in [0.15, 0.2) is 0 Å². The van der Waals surface area contributed by atoms with Crippen molar-refractivity contribution >= 4 is 56.5 Å². The molecule has 2 aromatic heterocycles. The molecule has 0 radical (unpaired) electrons. The predicted molar refractivity (Wildman–Crippen MR) is 114 cm³/mol. The third-order valence-corrected chi connectivity index (χ3v) is 15.1. The first-order valence-corrected chi connectivity index (χ1v) is 14.1. The minimum Gasteiger partial charge on any atom is -0.464 e. The Morgan fingerprint density at radius 2 is 1.67 bits per heavy atom. The highest BCUT2D eigenvalue weighted by atomic mass is 32.2. The molecule has 0 aromatic carbocycles. The Balaban J connectivity index is 2.24. The molecule has 2 aromatic rings. The molecular weight excluding hydrogens is 422 g/mol. The second-order valence-electron chi connectivity index (χ2n) is 7.54. The topological polar surface area (TPSA) is 92.7 Å². The largest absolute Gasteiger partial charge is 0.464 e.